The van der Waals surface area contributed by atoms with Gasteiger partial charge in [-0.1, -0.05) is 0 Å². The third-order valence-corrected chi connectivity index (χ3v) is 3.73. The number of rotatable bonds is 22. The fraction of sp³-hybridized carbons (Fsp3) is 0.737. The summed E-state index contributed by atoms with van der Waals surface area (Å²) in [6, 6.07) is -1.06. The Kier molecular flexibility index (Phi) is 19.5. The fourth-order valence-corrected chi connectivity index (χ4v) is 2.05. The standard InChI is InChI=1S/C19H34N4O10/c20-15(19(28)29)1-2-16(25)22-4-7-30-9-12-33-14-18(27)23-5-8-31-10-11-32-13-17(26)21-3-6-24/h6,15H,1-5,7-14,20H2,(H,21,26)(H,22,25)(H,23,27)(H,28,29)/t15-/m0/s1. The van der Waals surface area contributed by atoms with Gasteiger partial charge in [-0.05, 0) is 6.42 Å². The minimum Gasteiger partial charge on any atom is -0.480 e. The van der Waals surface area contributed by atoms with E-state index in [2.05, 4.69) is 16.0 Å². The van der Waals surface area contributed by atoms with E-state index in [1.807, 2.05) is 0 Å². The average Bonchev–Trinajstić information content (AvgIpc) is 2.79. The third-order valence-electron chi connectivity index (χ3n) is 3.73. The summed E-state index contributed by atoms with van der Waals surface area (Å²) in [5, 5.41) is 16.1. The Morgan fingerprint density at radius 3 is 1.76 bits per heavy atom. The summed E-state index contributed by atoms with van der Waals surface area (Å²) in [5.41, 5.74) is 5.31. The number of hydrogen-bond acceptors (Lipinski definition) is 10. The van der Waals surface area contributed by atoms with Crippen molar-refractivity contribution < 1.29 is 48.0 Å². The Balaban J connectivity index is 3.38. The van der Waals surface area contributed by atoms with Crippen LogP contribution in [0.1, 0.15) is 12.8 Å². The van der Waals surface area contributed by atoms with Crippen LogP contribution in [0.25, 0.3) is 0 Å². The average molecular weight is 478 g/mol. The predicted octanol–water partition coefficient (Wildman–Crippen LogP) is -3.21. The van der Waals surface area contributed by atoms with Crippen molar-refractivity contribution in [3.63, 3.8) is 0 Å². The predicted molar refractivity (Wildman–Crippen MR) is 113 cm³/mol. The topological polar surface area (TPSA) is 205 Å². The maximum absolute atomic E-state index is 11.6. The molecule has 0 bridgehead atoms. The smallest absolute Gasteiger partial charge is 0.320 e. The minimum atomic E-state index is -1.15. The molecule has 6 N–H and O–H groups in total. The summed E-state index contributed by atoms with van der Waals surface area (Å²) in [7, 11) is 0. The molecular formula is C19H34N4O10. The molecule has 0 radical (unpaired) electrons. The van der Waals surface area contributed by atoms with Gasteiger partial charge in [-0.25, -0.2) is 0 Å². The highest BCUT2D eigenvalue weighted by Gasteiger charge is 2.13. The number of carbonyl (C=O) groups excluding carboxylic acids is 4. The molecule has 14 nitrogen and oxygen atoms in total. The van der Waals surface area contributed by atoms with Gasteiger partial charge in [0.15, 0.2) is 0 Å². The number of ether oxygens (including phenoxy) is 4. The van der Waals surface area contributed by atoms with Crippen molar-refractivity contribution in [2.24, 2.45) is 5.73 Å². The number of nitrogens with one attached hydrogen (secondary N) is 3. The summed E-state index contributed by atoms with van der Waals surface area (Å²) in [6.45, 7) is 1.61. The summed E-state index contributed by atoms with van der Waals surface area (Å²) in [5.74, 6) is -2.15. The summed E-state index contributed by atoms with van der Waals surface area (Å²) in [4.78, 5) is 54.8. The first-order valence-electron chi connectivity index (χ1n) is 10.4. The van der Waals surface area contributed by atoms with Crippen LogP contribution in [0.4, 0.5) is 0 Å². The van der Waals surface area contributed by atoms with Gasteiger partial charge in [0.25, 0.3) is 0 Å². The van der Waals surface area contributed by atoms with Gasteiger partial charge in [-0.2, -0.15) is 0 Å². The Labute approximate surface area is 191 Å². The van der Waals surface area contributed by atoms with Gasteiger partial charge >= 0.3 is 5.97 Å². The number of aliphatic carboxylic acids is 1. The van der Waals surface area contributed by atoms with Crippen molar-refractivity contribution in [1.82, 2.24) is 16.0 Å². The van der Waals surface area contributed by atoms with Crippen molar-refractivity contribution in [1.29, 1.82) is 0 Å². The lowest BCUT2D eigenvalue weighted by Gasteiger charge is -2.09. The van der Waals surface area contributed by atoms with Crippen molar-refractivity contribution in [2.75, 3.05) is 72.5 Å². The molecule has 0 aliphatic heterocycles. The van der Waals surface area contributed by atoms with Crippen LogP contribution in [0.5, 0.6) is 0 Å². The second kappa shape index (κ2) is 21.2. The first kappa shape index (κ1) is 30.4. The highest BCUT2D eigenvalue weighted by Crippen LogP contribution is 1.94. The van der Waals surface area contributed by atoms with Crippen LogP contribution in [0.3, 0.4) is 0 Å². The third kappa shape index (κ3) is 21.0. The molecule has 14 heteroatoms. The molecule has 0 fully saturated rings. The number of carboxylic acid groups (broad SMARTS) is 1. The molecule has 0 spiro atoms. The van der Waals surface area contributed by atoms with Gasteiger partial charge in [0.1, 0.15) is 25.5 Å². The van der Waals surface area contributed by atoms with Crippen LogP contribution in [0.2, 0.25) is 0 Å². The summed E-state index contributed by atoms with van der Waals surface area (Å²) >= 11 is 0. The van der Waals surface area contributed by atoms with E-state index in [0.29, 0.717) is 6.29 Å². The Morgan fingerprint density at radius 1 is 0.758 bits per heavy atom. The molecule has 1 atom stereocenters. The quantitative estimate of drug-likeness (QED) is 0.0773. The molecule has 0 saturated heterocycles. The molecule has 3 amide bonds. The van der Waals surface area contributed by atoms with Crippen LogP contribution in [-0.4, -0.2) is 114 Å². The van der Waals surface area contributed by atoms with E-state index < -0.39 is 12.0 Å². The monoisotopic (exact) mass is 478 g/mol. The molecule has 0 aromatic carbocycles. The van der Waals surface area contributed by atoms with E-state index in [1.165, 1.54) is 0 Å². The van der Waals surface area contributed by atoms with E-state index in [-0.39, 0.29) is 103 Å². The highest BCUT2D eigenvalue weighted by atomic mass is 16.5. The Hall–Kier alpha value is -2.65. The maximum atomic E-state index is 11.6. The molecule has 0 heterocycles. The molecule has 0 unspecified atom stereocenters. The van der Waals surface area contributed by atoms with Gasteiger partial charge in [0.05, 0.1) is 46.2 Å². The van der Waals surface area contributed by atoms with Gasteiger partial charge in [-0.3, -0.25) is 19.2 Å². The van der Waals surface area contributed by atoms with Crippen molar-refractivity contribution >= 4 is 30.0 Å². The number of carboxylic acids is 1. The minimum absolute atomic E-state index is 0.0205. The van der Waals surface area contributed by atoms with Crippen LogP contribution in [-0.2, 0) is 42.9 Å². The van der Waals surface area contributed by atoms with Crippen molar-refractivity contribution in [3.8, 4) is 0 Å². The number of hydrogen-bond donors (Lipinski definition) is 5. The zero-order chi connectivity index (χ0) is 24.7. The van der Waals surface area contributed by atoms with Gasteiger partial charge in [-0.15, -0.1) is 0 Å². The van der Waals surface area contributed by atoms with Crippen molar-refractivity contribution in [3.05, 3.63) is 0 Å². The van der Waals surface area contributed by atoms with Crippen molar-refractivity contribution in [2.45, 2.75) is 18.9 Å². The molecule has 0 aromatic heterocycles. The lowest BCUT2D eigenvalue weighted by Crippen LogP contribution is -2.33. The molecule has 0 aromatic rings. The lowest BCUT2D eigenvalue weighted by molar-refractivity contribution is -0.138. The van der Waals surface area contributed by atoms with E-state index >= 15 is 0 Å². The van der Waals surface area contributed by atoms with Gasteiger partial charge < -0.3 is 50.5 Å². The lowest BCUT2D eigenvalue weighted by atomic mass is 10.1. The number of aldehydes is 1. The number of amides is 3. The zero-order valence-electron chi connectivity index (χ0n) is 18.5. The highest BCUT2D eigenvalue weighted by molar-refractivity contribution is 5.79. The van der Waals surface area contributed by atoms with Crippen LogP contribution in [0.15, 0.2) is 0 Å². The first-order valence-corrected chi connectivity index (χ1v) is 10.4. The molecule has 33 heavy (non-hydrogen) atoms. The van der Waals surface area contributed by atoms with Crippen LogP contribution >= 0.6 is 0 Å². The molecule has 190 valence electrons. The second-order valence-corrected chi connectivity index (χ2v) is 6.48. The van der Waals surface area contributed by atoms with Gasteiger partial charge in [0, 0.05) is 19.5 Å². The van der Waals surface area contributed by atoms with Gasteiger partial charge in [0.2, 0.25) is 17.7 Å². The van der Waals surface area contributed by atoms with E-state index in [1.54, 1.807) is 0 Å². The van der Waals surface area contributed by atoms with Crippen LogP contribution in [0, 0.1) is 0 Å². The molecular weight excluding hydrogens is 444 g/mol. The fourth-order valence-electron chi connectivity index (χ4n) is 2.05. The first-order chi connectivity index (χ1) is 15.9. The van der Waals surface area contributed by atoms with E-state index in [4.69, 9.17) is 29.8 Å². The summed E-state index contributed by atoms with van der Waals surface area (Å²) in [6.07, 6.45) is 0.655. The molecule has 0 saturated carbocycles. The number of nitrogens with two attached hydrogens (primary N) is 1. The second-order valence-electron chi connectivity index (χ2n) is 6.48. The maximum Gasteiger partial charge on any atom is 0.320 e. The molecule has 0 rings (SSSR count). The zero-order valence-corrected chi connectivity index (χ0v) is 18.5. The van der Waals surface area contributed by atoms with E-state index in [9.17, 15) is 24.0 Å². The SMILES string of the molecule is N[C@@H](CCC(=O)NCCOCCOCC(=O)NCCOCCOCC(=O)NCC=O)C(=O)O. The Bertz CT molecular complexity index is 591. The largest absolute Gasteiger partial charge is 0.480 e. The molecule has 0 aliphatic rings. The normalized spacial score (nSPS) is 11.4. The molecule has 0 aliphatic carbocycles. The Morgan fingerprint density at radius 2 is 1.24 bits per heavy atom. The van der Waals surface area contributed by atoms with Crippen LogP contribution < -0.4 is 21.7 Å². The number of carbonyl (C=O) groups is 5. The summed E-state index contributed by atoms with van der Waals surface area (Å²) < 4.78 is 20.7. The van der Waals surface area contributed by atoms with E-state index in [0.717, 1.165) is 0 Å².